The number of esters is 1. The van der Waals surface area contributed by atoms with Gasteiger partial charge >= 0.3 is 5.97 Å². The molecule has 4 aliphatic rings. The Bertz CT molecular complexity index is 544. The Kier molecular flexibility index (Phi) is 4.04. The van der Waals surface area contributed by atoms with Crippen LogP contribution in [-0.4, -0.2) is 36.0 Å². The molecule has 4 heteroatoms. The number of hydrogen-bond acceptors (Lipinski definition) is 4. The minimum Gasteiger partial charge on any atom is -0.456 e. The average molecular weight is 334 g/mol. The zero-order valence-corrected chi connectivity index (χ0v) is 15.1. The highest BCUT2D eigenvalue weighted by Crippen LogP contribution is 2.48. The molecule has 0 aromatic heterocycles. The van der Waals surface area contributed by atoms with Crippen molar-refractivity contribution in [3.05, 3.63) is 12.2 Å². The summed E-state index contributed by atoms with van der Waals surface area (Å²) in [6.45, 7) is 10.8. The molecule has 4 heterocycles. The summed E-state index contributed by atoms with van der Waals surface area (Å²) < 4.78 is 18.8. The second-order valence-electron chi connectivity index (χ2n) is 8.72. The van der Waals surface area contributed by atoms with Crippen molar-refractivity contribution in [2.45, 2.75) is 89.3 Å². The fourth-order valence-corrected chi connectivity index (χ4v) is 5.25. The van der Waals surface area contributed by atoms with Crippen LogP contribution in [0.25, 0.3) is 0 Å². The summed E-state index contributed by atoms with van der Waals surface area (Å²) in [5.74, 6) is 0.833. The van der Waals surface area contributed by atoms with Crippen LogP contribution in [0.5, 0.6) is 0 Å². The maximum Gasteiger partial charge on any atom is 0.334 e. The van der Waals surface area contributed by atoms with E-state index in [4.69, 9.17) is 14.2 Å². The lowest BCUT2D eigenvalue weighted by atomic mass is 9.76. The van der Waals surface area contributed by atoms with Gasteiger partial charge in [0, 0.05) is 11.5 Å². The van der Waals surface area contributed by atoms with Crippen molar-refractivity contribution in [2.24, 2.45) is 17.8 Å². The van der Waals surface area contributed by atoms with Crippen LogP contribution in [0, 0.1) is 17.8 Å². The van der Waals surface area contributed by atoms with Crippen LogP contribution in [0.2, 0.25) is 0 Å². The lowest BCUT2D eigenvalue weighted by molar-refractivity contribution is -0.216. The monoisotopic (exact) mass is 334 g/mol. The molecule has 0 N–H and O–H groups in total. The van der Waals surface area contributed by atoms with Crippen molar-refractivity contribution in [1.82, 2.24) is 0 Å². The second kappa shape index (κ2) is 5.84. The highest BCUT2D eigenvalue weighted by atomic mass is 16.6. The largest absolute Gasteiger partial charge is 0.456 e. The Balaban J connectivity index is 1.67. The molecule has 0 aromatic rings. The van der Waals surface area contributed by atoms with Crippen molar-refractivity contribution in [3.63, 3.8) is 0 Å². The number of rotatable bonds is 0. The van der Waals surface area contributed by atoms with Crippen molar-refractivity contribution >= 4 is 5.97 Å². The van der Waals surface area contributed by atoms with Crippen LogP contribution in [-0.2, 0) is 19.0 Å². The summed E-state index contributed by atoms with van der Waals surface area (Å²) in [5.41, 5.74) is 0.380. The Morgan fingerprint density at radius 2 is 1.88 bits per heavy atom. The summed E-state index contributed by atoms with van der Waals surface area (Å²) in [4.78, 5) is 12.1. The van der Waals surface area contributed by atoms with E-state index < -0.39 is 0 Å². The summed E-state index contributed by atoms with van der Waals surface area (Å²) in [5, 5.41) is 0. The molecule has 4 fully saturated rings. The van der Waals surface area contributed by atoms with E-state index in [9.17, 15) is 4.79 Å². The van der Waals surface area contributed by atoms with Gasteiger partial charge < -0.3 is 14.2 Å². The molecule has 0 aliphatic carbocycles. The van der Waals surface area contributed by atoms with Crippen LogP contribution >= 0.6 is 0 Å². The topological polar surface area (TPSA) is 44.8 Å². The molecule has 134 valence electrons. The van der Waals surface area contributed by atoms with Gasteiger partial charge in [-0.3, -0.25) is 0 Å². The molecule has 0 spiro atoms. The molecule has 4 rings (SSSR count). The molecule has 0 unspecified atom stereocenters. The van der Waals surface area contributed by atoms with Gasteiger partial charge in [0.25, 0.3) is 0 Å². The molecule has 4 nitrogen and oxygen atoms in total. The van der Waals surface area contributed by atoms with Crippen LogP contribution in [0.1, 0.15) is 59.3 Å². The van der Waals surface area contributed by atoms with Gasteiger partial charge in [0.15, 0.2) is 0 Å². The van der Waals surface area contributed by atoms with Gasteiger partial charge in [-0.25, -0.2) is 4.79 Å². The van der Waals surface area contributed by atoms with E-state index in [-0.39, 0.29) is 35.8 Å². The predicted octanol–water partition coefficient (Wildman–Crippen LogP) is 3.64. The number of ether oxygens (including phenoxy) is 3. The van der Waals surface area contributed by atoms with Crippen molar-refractivity contribution in [3.8, 4) is 0 Å². The van der Waals surface area contributed by atoms with Crippen LogP contribution in [0.15, 0.2) is 12.2 Å². The Hall–Kier alpha value is -0.870. The molecular weight excluding hydrogens is 304 g/mol. The molecule has 4 aliphatic heterocycles. The van der Waals surface area contributed by atoms with E-state index in [1.165, 1.54) is 12.8 Å². The first-order valence-electron chi connectivity index (χ1n) is 9.62. The third-order valence-electron chi connectivity index (χ3n) is 7.00. The van der Waals surface area contributed by atoms with E-state index >= 15 is 0 Å². The van der Waals surface area contributed by atoms with Gasteiger partial charge in [0.1, 0.15) is 6.10 Å². The van der Waals surface area contributed by atoms with Gasteiger partial charge in [-0.15, -0.1) is 0 Å². The third-order valence-corrected chi connectivity index (χ3v) is 7.00. The SMILES string of the molecule is C=C1C(=O)O[C@H]2[C@H]3O[C@@H](C[C@@H]12)[C@@]1(C)CC[C@@H](O1)[C@H](C)CCC[C@H]3C. The van der Waals surface area contributed by atoms with Crippen LogP contribution in [0.4, 0.5) is 0 Å². The van der Waals surface area contributed by atoms with Crippen molar-refractivity contribution in [2.75, 3.05) is 0 Å². The third kappa shape index (κ3) is 2.53. The summed E-state index contributed by atoms with van der Waals surface area (Å²) in [7, 11) is 0. The maximum absolute atomic E-state index is 12.1. The minimum absolute atomic E-state index is 0.0211. The lowest BCUT2D eigenvalue weighted by Gasteiger charge is -2.45. The van der Waals surface area contributed by atoms with E-state index in [1.54, 1.807) is 0 Å². The first-order valence-corrected chi connectivity index (χ1v) is 9.62. The molecule has 4 saturated heterocycles. The fraction of sp³-hybridized carbons (Fsp3) is 0.850. The van der Waals surface area contributed by atoms with Crippen LogP contribution < -0.4 is 0 Å². The molecule has 4 bridgehead atoms. The van der Waals surface area contributed by atoms with Crippen molar-refractivity contribution in [1.29, 1.82) is 0 Å². The fourth-order valence-electron chi connectivity index (χ4n) is 5.25. The maximum atomic E-state index is 12.1. The number of carbonyl (C=O) groups excluding carboxylic acids is 1. The number of fused-ring (bicyclic) bond motifs is 7. The van der Waals surface area contributed by atoms with Gasteiger partial charge in [-0.2, -0.15) is 0 Å². The zero-order valence-electron chi connectivity index (χ0n) is 15.1. The number of carbonyl (C=O) groups is 1. The average Bonchev–Trinajstić information content (AvgIpc) is 3.08. The molecule has 24 heavy (non-hydrogen) atoms. The molecule has 0 amide bonds. The Labute approximate surface area is 144 Å². The Morgan fingerprint density at radius 3 is 2.67 bits per heavy atom. The van der Waals surface area contributed by atoms with E-state index in [1.807, 2.05) is 0 Å². The van der Waals surface area contributed by atoms with Gasteiger partial charge in [0.05, 0.1) is 23.9 Å². The highest BCUT2D eigenvalue weighted by molar-refractivity contribution is 5.91. The molecule has 8 atom stereocenters. The van der Waals surface area contributed by atoms with Gasteiger partial charge in [0.2, 0.25) is 0 Å². The second-order valence-corrected chi connectivity index (χ2v) is 8.72. The Morgan fingerprint density at radius 1 is 1.12 bits per heavy atom. The summed E-state index contributed by atoms with van der Waals surface area (Å²) in [6.07, 6.45) is 6.59. The smallest absolute Gasteiger partial charge is 0.334 e. The molecule has 0 radical (unpaired) electrons. The van der Waals surface area contributed by atoms with Crippen LogP contribution in [0.3, 0.4) is 0 Å². The molecular formula is C20H30O4. The van der Waals surface area contributed by atoms with E-state index in [0.717, 1.165) is 25.7 Å². The quantitative estimate of drug-likeness (QED) is 0.501. The van der Waals surface area contributed by atoms with Crippen molar-refractivity contribution < 1.29 is 19.0 Å². The summed E-state index contributed by atoms with van der Waals surface area (Å²) in [6, 6.07) is 0. The normalized spacial score (nSPS) is 51.7. The minimum atomic E-state index is -0.252. The van der Waals surface area contributed by atoms with Gasteiger partial charge in [-0.1, -0.05) is 26.8 Å². The molecule has 0 aromatic carbocycles. The number of hydrogen-bond donors (Lipinski definition) is 0. The highest BCUT2D eigenvalue weighted by Gasteiger charge is 2.55. The van der Waals surface area contributed by atoms with E-state index in [2.05, 4.69) is 27.4 Å². The standard InChI is InChI=1S/C20H30O4/c1-11-6-5-7-12(2)17-18-14(13(3)19(21)23-18)10-16(22-17)20(4)9-8-15(11)24-20/h11-12,14-18H,3,5-10H2,1-2,4H3/t11-,12-,14+,15-,16+,17+,18-,20-/m1/s1. The lowest BCUT2D eigenvalue weighted by Crippen LogP contribution is -2.54. The van der Waals surface area contributed by atoms with Gasteiger partial charge in [-0.05, 0) is 50.9 Å². The summed E-state index contributed by atoms with van der Waals surface area (Å²) >= 11 is 0. The molecule has 0 saturated carbocycles. The first kappa shape index (κ1) is 16.6. The first-order chi connectivity index (χ1) is 11.4. The zero-order chi connectivity index (χ0) is 17.1. The van der Waals surface area contributed by atoms with E-state index in [0.29, 0.717) is 23.5 Å². The predicted molar refractivity (Wildman–Crippen MR) is 90.5 cm³/mol.